The van der Waals surface area contributed by atoms with Gasteiger partial charge in [0.15, 0.2) is 0 Å². The number of hydrogen-bond donors (Lipinski definition) is 1. The molecule has 0 fully saturated rings. The van der Waals surface area contributed by atoms with E-state index >= 15 is 0 Å². The van der Waals surface area contributed by atoms with E-state index < -0.39 is 0 Å². The minimum atomic E-state index is -0.268. The summed E-state index contributed by atoms with van der Waals surface area (Å²) in [6.07, 6.45) is 0. The van der Waals surface area contributed by atoms with Crippen molar-refractivity contribution in [3.63, 3.8) is 0 Å². The maximum Gasteiger partial charge on any atom is 0.124 e. The molecule has 82 valence electrons. The zero-order valence-corrected chi connectivity index (χ0v) is 9.86. The first kappa shape index (κ1) is 11.3. The van der Waals surface area contributed by atoms with Gasteiger partial charge in [-0.25, -0.2) is 4.39 Å². The monoisotopic (exact) mass is 253 g/mol. The first-order chi connectivity index (χ1) is 7.66. The van der Waals surface area contributed by atoms with Crippen molar-refractivity contribution in [1.82, 2.24) is 0 Å². The maximum absolute atomic E-state index is 13.0. The molecule has 0 spiro atoms. The fourth-order valence-corrected chi connectivity index (χ4v) is 2.48. The molecular formula is C12H9ClFNS. The molecule has 0 heterocycles. The number of halogens is 2. The molecule has 0 aliphatic carbocycles. The molecule has 0 unspecified atom stereocenters. The molecule has 0 saturated carbocycles. The second kappa shape index (κ2) is 4.76. The predicted octanol–water partition coefficient (Wildman–Crippen LogP) is 4.21. The lowest BCUT2D eigenvalue weighted by atomic mass is 10.3. The summed E-state index contributed by atoms with van der Waals surface area (Å²) in [6, 6.07) is 11.6. The molecule has 0 bridgehead atoms. The summed E-state index contributed by atoms with van der Waals surface area (Å²) in [6.45, 7) is 0. The lowest BCUT2D eigenvalue weighted by molar-refractivity contribution is 0.624. The van der Waals surface area contributed by atoms with Crippen LogP contribution in [0.3, 0.4) is 0 Å². The maximum atomic E-state index is 13.0. The van der Waals surface area contributed by atoms with Crippen LogP contribution in [0.2, 0.25) is 5.02 Å². The van der Waals surface area contributed by atoms with Crippen LogP contribution < -0.4 is 5.73 Å². The van der Waals surface area contributed by atoms with E-state index in [0.717, 1.165) is 9.79 Å². The highest BCUT2D eigenvalue weighted by molar-refractivity contribution is 7.99. The molecule has 1 nitrogen and oxygen atoms in total. The van der Waals surface area contributed by atoms with Gasteiger partial charge in [0.2, 0.25) is 0 Å². The number of nitrogens with two attached hydrogens (primary N) is 1. The Morgan fingerprint density at radius 1 is 1.12 bits per heavy atom. The third-order valence-electron chi connectivity index (χ3n) is 2.01. The minimum absolute atomic E-state index is 0.268. The van der Waals surface area contributed by atoms with Gasteiger partial charge in [-0.3, -0.25) is 0 Å². The van der Waals surface area contributed by atoms with Gasteiger partial charge in [-0.15, -0.1) is 0 Å². The Morgan fingerprint density at radius 3 is 2.56 bits per heavy atom. The van der Waals surface area contributed by atoms with E-state index in [1.165, 1.54) is 23.9 Å². The third kappa shape index (κ3) is 2.49. The highest BCUT2D eigenvalue weighted by Gasteiger charge is 2.06. The average molecular weight is 254 g/mol. The number of hydrogen-bond acceptors (Lipinski definition) is 2. The second-order valence-corrected chi connectivity index (χ2v) is 4.71. The number of anilines is 1. The fourth-order valence-electron chi connectivity index (χ4n) is 1.28. The van der Waals surface area contributed by atoms with Crippen molar-refractivity contribution in [3.05, 3.63) is 53.3 Å². The molecule has 2 aromatic rings. The fraction of sp³-hybridized carbons (Fsp3) is 0. The van der Waals surface area contributed by atoms with Gasteiger partial charge < -0.3 is 5.73 Å². The van der Waals surface area contributed by atoms with Crippen LogP contribution in [0.1, 0.15) is 0 Å². The van der Waals surface area contributed by atoms with Crippen molar-refractivity contribution in [2.75, 3.05) is 5.73 Å². The molecule has 0 atom stereocenters. The first-order valence-electron chi connectivity index (χ1n) is 4.64. The Labute approximate surface area is 102 Å². The molecule has 2 aromatic carbocycles. The lowest BCUT2D eigenvalue weighted by Crippen LogP contribution is -1.88. The van der Waals surface area contributed by atoms with E-state index in [1.54, 1.807) is 24.3 Å². The Balaban J connectivity index is 2.34. The predicted molar refractivity (Wildman–Crippen MR) is 66.4 cm³/mol. The number of benzene rings is 2. The van der Waals surface area contributed by atoms with Crippen molar-refractivity contribution in [1.29, 1.82) is 0 Å². The highest BCUT2D eigenvalue weighted by atomic mass is 35.5. The van der Waals surface area contributed by atoms with Crippen molar-refractivity contribution < 1.29 is 4.39 Å². The van der Waals surface area contributed by atoms with E-state index in [2.05, 4.69) is 0 Å². The Bertz CT molecular complexity index is 496. The highest BCUT2D eigenvalue weighted by Crippen LogP contribution is 2.37. The van der Waals surface area contributed by atoms with E-state index in [-0.39, 0.29) is 5.82 Å². The zero-order chi connectivity index (χ0) is 11.5. The van der Waals surface area contributed by atoms with Gasteiger partial charge in [-0.1, -0.05) is 35.5 Å². The lowest BCUT2D eigenvalue weighted by Gasteiger charge is -2.07. The number of nitrogen functional groups attached to an aromatic ring is 1. The molecular weight excluding hydrogens is 245 g/mol. The normalized spacial score (nSPS) is 10.4. The van der Waals surface area contributed by atoms with E-state index in [4.69, 9.17) is 17.3 Å². The van der Waals surface area contributed by atoms with Gasteiger partial charge >= 0.3 is 0 Å². The van der Waals surface area contributed by atoms with Crippen LogP contribution in [0.4, 0.5) is 10.1 Å². The van der Waals surface area contributed by atoms with Crippen LogP contribution in [-0.4, -0.2) is 0 Å². The van der Waals surface area contributed by atoms with Gasteiger partial charge in [-0.2, -0.15) is 0 Å². The Hall–Kier alpha value is -1.19. The molecule has 2 rings (SSSR count). The summed E-state index contributed by atoms with van der Waals surface area (Å²) < 4.78 is 13.0. The van der Waals surface area contributed by atoms with Gasteiger partial charge in [-0.05, 0) is 30.3 Å². The molecule has 0 aliphatic heterocycles. The van der Waals surface area contributed by atoms with Crippen LogP contribution in [0.5, 0.6) is 0 Å². The molecule has 16 heavy (non-hydrogen) atoms. The van der Waals surface area contributed by atoms with Crippen LogP contribution in [0, 0.1) is 5.82 Å². The summed E-state index contributed by atoms with van der Waals surface area (Å²) in [5, 5.41) is 0.578. The topological polar surface area (TPSA) is 26.0 Å². The van der Waals surface area contributed by atoms with Gasteiger partial charge in [0, 0.05) is 10.6 Å². The molecule has 4 heteroatoms. The van der Waals surface area contributed by atoms with Crippen molar-refractivity contribution in [3.8, 4) is 0 Å². The first-order valence-corrected chi connectivity index (χ1v) is 5.83. The van der Waals surface area contributed by atoms with Gasteiger partial charge in [0.05, 0.1) is 9.92 Å². The zero-order valence-electron chi connectivity index (χ0n) is 8.28. The molecule has 0 radical (unpaired) electrons. The summed E-state index contributed by atoms with van der Waals surface area (Å²) in [4.78, 5) is 1.54. The van der Waals surface area contributed by atoms with Crippen molar-refractivity contribution in [2.24, 2.45) is 0 Å². The summed E-state index contributed by atoms with van der Waals surface area (Å²) >= 11 is 7.38. The van der Waals surface area contributed by atoms with E-state index in [0.29, 0.717) is 10.7 Å². The van der Waals surface area contributed by atoms with E-state index in [9.17, 15) is 4.39 Å². The van der Waals surface area contributed by atoms with Crippen LogP contribution in [0.15, 0.2) is 52.3 Å². The molecule has 0 saturated heterocycles. The van der Waals surface area contributed by atoms with Crippen LogP contribution >= 0.6 is 23.4 Å². The van der Waals surface area contributed by atoms with Gasteiger partial charge in [0.25, 0.3) is 0 Å². The Morgan fingerprint density at radius 2 is 1.88 bits per heavy atom. The summed E-state index contributed by atoms with van der Waals surface area (Å²) in [5.41, 5.74) is 6.41. The minimum Gasteiger partial charge on any atom is -0.398 e. The summed E-state index contributed by atoms with van der Waals surface area (Å²) in [5.74, 6) is -0.268. The van der Waals surface area contributed by atoms with Gasteiger partial charge in [0.1, 0.15) is 5.82 Å². The van der Waals surface area contributed by atoms with Crippen LogP contribution in [0.25, 0.3) is 0 Å². The molecule has 0 aromatic heterocycles. The van der Waals surface area contributed by atoms with Crippen molar-refractivity contribution >= 4 is 29.1 Å². The average Bonchev–Trinajstić information content (AvgIpc) is 2.24. The van der Waals surface area contributed by atoms with E-state index in [1.807, 2.05) is 6.07 Å². The molecule has 2 N–H and O–H groups in total. The quantitative estimate of drug-likeness (QED) is 0.812. The number of rotatable bonds is 2. The smallest absolute Gasteiger partial charge is 0.124 e. The second-order valence-electron chi connectivity index (χ2n) is 3.22. The standard InChI is InChI=1S/C12H9ClFNS/c13-10-5-2-6-11(15)12(10)16-9-4-1-3-8(14)7-9/h1-7H,15H2. The molecule has 0 amide bonds. The van der Waals surface area contributed by atoms with Crippen LogP contribution in [-0.2, 0) is 0 Å². The summed E-state index contributed by atoms with van der Waals surface area (Å²) in [7, 11) is 0. The van der Waals surface area contributed by atoms with Crippen molar-refractivity contribution in [2.45, 2.75) is 9.79 Å². The largest absolute Gasteiger partial charge is 0.398 e. The third-order valence-corrected chi connectivity index (χ3v) is 3.59. The Kier molecular flexibility index (Phi) is 3.36. The SMILES string of the molecule is Nc1cccc(Cl)c1Sc1cccc(F)c1. The molecule has 0 aliphatic rings.